The van der Waals surface area contributed by atoms with Crippen LogP contribution in [0.25, 0.3) is 10.9 Å². The van der Waals surface area contributed by atoms with Crippen LogP contribution in [0.5, 0.6) is 0 Å². The molecule has 4 aromatic rings. The lowest BCUT2D eigenvalue weighted by atomic mass is 9.93. The van der Waals surface area contributed by atoms with Crippen LogP contribution in [0, 0.1) is 18.7 Å². The predicted octanol–water partition coefficient (Wildman–Crippen LogP) is 3.37. The number of likely N-dealkylation sites (tertiary alicyclic amines) is 1. The molecule has 1 saturated heterocycles. The van der Waals surface area contributed by atoms with E-state index in [0.29, 0.717) is 50.5 Å². The van der Waals surface area contributed by atoms with Crippen molar-refractivity contribution in [3.8, 4) is 0 Å². The highest BCUT2D eigenvalue weighted by molar-refractivity contribution is 5.82. The number of aromatic amines is 1. The predicted molar refractivity (Wildman–Crippen MR) is 135 cm³/mol. The van der Waals surface area contributed by atoms with Gasteiger partial charge < -0.3 is 9.72 Å². The molecule has 192 valence electrons. The molecule has 0 bridgehead atoms. The fourth-order valence-corrected chi connectivity index (χ4v) is 5.04. The quantitative estimate of drug-likeness (QED) is 0.385. The molecule has 1 atom stereocenters. The number of ether oxygens (including phenoxy) is 1. The Bertz CT molecular complexity index is 1460. The molecule has 3 heterocycles. The van der Waals surface area contributed by atoms with Gasteiger partial charge in [0.15, 0.2) is 5.82 Å². The van der Waals surface area contributed by atoms with Gasteiger partial charge in [-0.1, -0.05) is 30.3 Å². The van der Waals surface area contributed by atoms with Gasteiger partial charge >= 0.3 is 5.97 Å². The molecule has 2 aromatic carbocycles. The molecule has 1 unspecified atom stereocenters. The van der Waals surface area contributed by atoms with E-state index in [1.54, 1.807) is 23.7 Å². The summed E-state index contributed by atoms with van der Waals surface area (Å²) in [5.41, 5.74) is 2.92. The molecule has 0 saturated carbocycles. The van der Waals surface area contributed by atoms with E-state index in [2.05, 4.69) is 25.4 Å². The molecule has 0 amide bonds. The Kier molecular flexibility index (Phi) is 7.09. The zero-order valence-corrected chi connectivity index (χ0v) is 20.9. The number of carbonyl (C=O) groups excluding carboxylic acids is 1. The number of fused-ring (bicyclic) bond motifs is 1. The van der Waals surface area contributed by atoms with Crippen LogP contribution in [0.15, 0.2) is 53.3 Å². The Morgan fingerprint density at radius 2 is 1.95 bits per heavy atom. The minimum absolute atomic E-state index is 0.176. The lowest BCUT2D eigenvalue weighted by molar-refractivity contribution is -0.149. The standard InChI is InChI=1S/C27H29FN6O3/c1-3-37-27(36)19-11-13-33(14-12-19)24(22-15-20-6-4-5-17(2)23(20)29-26(22)35)25-30-31-32-34(25)16-18-7-9-21(28)10-8-18/h4-10,15,19,24H,3,11-14,16H2,1-2H3,(H,29,35). The Morgan fingerprint density at radius 3 is 2.68 bits per heavy atom. The van der Waals surface area contributed by atoms with Crippen LogP contribution in [0.1, 0.15) is 48.3 Å². The molecule has 1 aliphatic rings. The highest BCUT2D eigenvalue weighted by Crippen LogP contribution is 2.31. The summed E-state index contributed by atoms with van der Waals surface area (Å²) in [4.78, 5) is 31.0. The van der Waals surface area contributed by atoms with Crippen LogP contribution >= 0.6 is 0 Å². The average Bonchev–Trinajstić information content (AvgIpc) is 3.34. The number of piperidine rings is 1. The van der Waals surface area contributed by atoms with Crippen molar-refractivity contribution in [3.63, 3.8) is 0 Å². The maximum Gasteiger partial charge on any atom is 0.309 e. The smallest absolute Gasteiger partial charge is 0.309 e. The number of para-hydroxylation sites is 1. The summed E-state index contributed by atoms with van der Waals surface area (Å²) in [7, 11) is 0. The molecule has 1 fully saturated rings. The topological polar surface area (TPSA) is 106 Å². The van der Waals surface area contributed by atoms with E-state index in [1.165, 1.54) is 12.1 Å². The molecular formula is C27H29FN6O3. The van der Waals surface area contributed by atoms with Crippen molar-refractivity contribution in [2.75, 3.05) is 19.7 Å². The fourth-order valence-electron chi connectivity index (χ4n) is 5.04. The number of esters is 1. The van der Waals surface area contributed by atoms with E-state index in [1.807, 2.05) is 31.2 Å². The van der Waals surface area contributed by atoms with Crippen LogP contribution in [0.2, 0.25) is 0 Å². The number of rotatable bonds is 7. The average molecular weight is 505 g/mol. The number of aryl methyl sites for hydroxylation is 1. The summed E-state index contributed by atoms with van der Waals surface area (Å²) >= 11 is 0. The van der Waals surface area contributed by atoms with Gasteiger partial charge in [0.1, 0.15) is 11.9 Å². The number of H-pyrrole nitrogens is 1. The summed E-state index contributed by atoms with van der Waals surface area (Å²) in [5.74, 6) is -0.166. The number of aromatic nitrogens is 5. The Labute approximate surface area is 213 Å². The van der Waals surface area contributed by atoms with Gasteiger partial charge in [-0.15, -0.1) is 5.10 Å². The van der Waals surface area contributed by atoms with Crippen LogP contribution in [-0.4, -0.2) is 55.8 Å². The summed E-state index contributed by atoms with van der Waals surface area (Å²) in [5, 5.41) is 13.4. The number of carbonyl (C=O) groups is 1. The number of benzene rings is 2. The lowest BCUT2D eigenvalue weighted by Crippen LogP contribution is -2.42. The normalized spacial score (nSPS) is 15.6. The zero-order valence-electron chi connectivity index (χ0n) is 20.9. The maximum atomic E-state index is 13.5. The van der Waals surface area contributed by atoms with Gasteiger partial charge in [0.2, 0.25) is 0 Å². The molecule has 2 aromatic heterocycles. The molecule has 0 aliphatic carbocycles. The largest absolute Gasteiger partial charge is 0.466 e. The zero-order chi connectivity index (χ0) is 25.9. The summed E-state index contributed by atoms with van der Waals surface area (Å²) < 4.78 is 20.3. The number of hydrogen-bond acceptors (Lipinski definition) is 7. The molecule has 1 N–H and O–H groups in total. The first-order chi connectivity index (χ1) is 17.9. The second kappa shape index (κ2) is 10.6. The van der Waals surface area contributed by atoms with Gasteiger partial charge in [-0.2, -0.15) is 0 Å². The number of hydrogen-bond donors (Lipinski definition) is 1. The molecule has 10 heteroatoms. The van der Waals surface area contributed by atoms with E-state index in [0.717, 1.165) is 22.0 Å². The van der Waals surface area contributed by atoms with Gasteiger partial charge in [0, 0.05) is 18.7 Å². The number of tetrazole rings is 1. The summed E-state index contributed by atoms with van der Waals surface area (Å²) in [6.07, 6.45) is 1.22. The third-order valence-corrected chi connectivity index (χ3v) is 6.98. The Morgan fingerprint density at radius 1 is 1.19 bits per heavy atom. The minimum Gasteiger partial charge on any atom is -0.466 e. The van der Waals surface area contributed by atoms with Crippen molar-refractivity contribution >= 4 is 16.9 Å². The summed E-state index contributed by atoms with van der Waals surface area (Å²) in [6.45, 7) is 5.58. The molecule has 0 radical (unpaired) electrons. The Hall–Kier alpha value is -3.92. The van der Waals surface area contributed by atoms with Crippen molar-refractivity contribution in [1.82, 2.24) is 30.1 Å². The van der Waals surface area contributed by atoms with Gasteiger partial charge in [-0.05, 0) is 71.8 Å². The number of halogens is 1. The molecule has 1 aliphatic heterocycles. The van der Waals surface area contributed by atoms with Gasteiger partial charge in [0.05, 0.1) is 24.6 Å². The van der Waals surface area contributed by atoms with Crippen molar-refractivity contribution in [2.45, 2.75) is 39.3 Å². The van der Waals surface area contributed by atoms with Crippen molar-refractivity contribution in [2.24, 2.45) is 5.92 Å². The van der Waals surface area contributed by atoms with E-state index < -0.39 is 6.04 Å². The molecule has 0 spiro atoms. The van der Waals surface area contributed by atoms with E-state index in [9.17, 15) is 14.0 Å². The van der Waals surface area contributed by atoms with Crippen molar-refractivity contribution < 1.29 is 13.9 Å². The van der Waals surface area contributed by atoms with Crippen molar-refractivity contribution in [3.05, 3.63) is 87.2 Å². The van der Waals surface area contributed by atoms with Gasteiger partial charge in [0.25, 0.3) is 5.56 Å². The fraction of sp³-hybridized carbons (Fsp3) is 0.370. The highest BCUT2D eigenvalue weighted by atomic mass is 19.1. The minimum atomic E-state index is -0.535. The molecule has 5 rings (SSSR count). The summed E-state index contributed by atoms with van der Waals surface area (Å²) in [6, 6.07) is 13.4. The third kappa shape index (κ3) is 5.15. The van der Waals surface area contributed by atoms with E-state index in [-0.39, 0.29) is 23.3 Å². The molecule has 9 nitrogen and oxygen atoms in total. The SMILES string of the molecule is CCOC(=O)C1CCN(C(c2cc3cccc(C)c3[nH]c2=O)c2nnnn2Cc2ccc(F)cc2)CC1. The maximum absolute atomic E-state index is 13.5. The monoisotopic (exact) mass is 504 g/mol. The van der Waals surface area contributed by atoms with Gasteiger partial charge in [-0.25, -0.2) is 9.07 Å². The molecule has 37 heavy (non-hydrogen) atoms. The van der Waals surface area contributed by atoms with Crippen LogP contribution < -0.4 is 5.56 Å². The first-order valence-electron chi connectivity index (χ1n) is 12.5. The second-order valence-corrected chi connectivity index (χ2v) is 9.38. The first-order valence-corrected chi connectivity index (χ1v) is 12.5. The number of nitrogens with zero attached hydrogens (tertiary/aromatic N) is 5. The van der Waals surface area contributed by atoms with Crippen LogP contribution in [-0.2, 0) is 16.1 Å². The lowest BCUT2D eigenvalue weighted by Gasteiger charge is -2.36. The van der Waals surface area contributed by atoms with E-state index >= 15 is 0 Å². The molecular weight excluding hydrogens is 475 g/mol. The third-order valence-electron chi connectivity index (χ3n) is 6.98. The van der Waals surface area contributed by atoms with E-state index in [4.69, 9.17) is 4.74 Å². The van der Waals surface area contributed by atoms with Gasteiger partial charge in [-0.3, -0.25) is 14.5 Å². The number of nitrogens with one attached hydrogen (secondary N) is 1. The Balaban J connectivity index is 1.54. The van der Waals surface area contributed by atoms with Crippen LogP contribution in [0.4, 0.5) is 4.39 Å². The van der Waals surface area contributed by atoms with Crippen molar-refractivity contribution in [1.29, 1.82) is 0 Å². The first kappa shape index (κ1) is 24.8. The second-order valence-electron chi connectivity index (χ2n) is 9.38. The highest BCUT2D eigenvalue weighted by Gasteiger charge is 2.35. The number of pyridine rings is 1. The van der Waals surface area contributed by atoms with Crippen LogP contribution in [0.3, 0.4) is 0 Å².